The van der Waals surface area contributed by atoms with Gasteiger partial charge in [0.1, 0.15) is 0 Å². The van der Waals surface area contributed by atoms with Crippen LogP contribution in [0.15, 0.2) is 66.7 Å². The fraction of sp³-hybridized carbons (Fsp3) is 0.100. The first-order valence-corrected chi connectivity index (χ1v) is 8.17. The molecule has 0 atom stereocenters. The van der Waals surface area contributed by atoms with Gasteiger partial charge in [0.25, 0.3) is 5.91 Å². The number of hydrazine groups is 1. The zero-order valence-corrected chi connectivity index (χ0v) is 14.6. The molecule has 3 rings (SSSR count). The summed E-state index contributed by atoms with van der Waals surface area (Å²) < 4.78 is 0. The minimum atomic E-state index is -0.514. The number of urea groups is 1. The van der Waals surface area contributed by atoms with Gasteiger partial charge in [0.05, 0.1) is 5.69 Å². The first-order chi connectivity index (χ1) is 12.5. The number of amides is 3. The number of fused-ring (bicyclic) bond motifs is 1. The number of carbonyl (C=O) groups excluding carboxylic acids is 2. The van der Waals surface area contributed by atoms with Crippen LogP contribution in [-0.4, -0.2) is 26.0 Å². The first-order valence-electron chi connectivity index (χ1n) is 8.17. The standard InChI is InChI=1S/C20H20N4O2/c1-24(2)16-12-10-15(11-13-16)19(25)22-23-20(26)21-18-9-5-7-14-6-3-4-8-17(14)18/h3-13H,1-2H3,(H,22,25)(H2,21,23,26). The van der Waals surface area contributed by atoms with Gasteiger partial charge in [-0.05, 0) is 35.7 Å². The van der Waals surface area contributed by atoms with Crippen molar-refractivity contribution in [2.24, 2.45) is 0 Å². The molecule has 0 aliphatic heterocycles. The lowest BCUT2D eigenvalue weighted by atomic mass is 10.1. The Bertz CT molecular complexity index is 931. The number of anilines is 2. The maximum absolute atomic E-state index is 12.1. The Morgan fingerprint density at radius 1 is 0.808 bits per heavy atom. The highest BCUT2D eigenvalue weighted by Gasteiger charge is 2.09. The van der Waals surface area contributed by atoms with Crippen LogP contribution in [0.1, 0.15) is 10.4 Å². The predicted octanol–water partition coefficient (Wildman–Crippen LogP) is 3.37. The number of nitrogens with zero attached hydrogens (tertiary/aromatic N) is 1. The normalized spacial score (nSPS) is 10.2. The highest BCUT2D eigenvalue weighted by molar-refractivity contribution is 6.02. The second-order valence-corrected chi connectivity index (χ2v) is 6.00. The van der Waals surface area contributed by atoms with Crippen molar-refractivity contribution < 1.29 is 9.59 Å². The van der Waals surface area contributed by atoms with E-state index < -0.39 is 6.03 Å². The zero-order chi connectivity index (χ0) is 18.5. The van der Waals surface area contributed by atoms with Crippen LogP contribution in [0.5, 0.6) is 0 Å². The number of rotatable bonds is 3. The number of nitrogens with one attached hydrogen (secondary N) is 3. The van der Waals surface area contributed by atoms with Gasteiger partial charge in [-0.2, -0.15) is 0 Å². The third-order valence-electron chi connectivity index (χ3n) is 3.97. The maximum Gasteiger partial charge on any atom is 0.337 e. The molecule has 6 nitrogen and oxygen atoms in total. The van der Waals surface area contributed by atoms with Crippen LogP contribution in [0, 0.1) is 0 Å². The van der Waals surface area contributed by atoms with Gasteiger partial charge >= 0.3 is 6.03 Å². The van der Waals surface area contributed by atoms with Crippen LogP contribution in [-0.2, 0) is 0 Å². The van der Waals surface area contributed by atoms with E-state index in [4.69, 9.17) is 0 Å². The minimum Gasteiger partial charge on any atom is -0.378 e. The molecule has 0 aromatic heterocycles. The Morgan fingerprint density at radius 3 is 2.23 bits per heavy atom. The van der Waals surface area contributed by atoms with Crippen molar-refractivity contribution in [3.8, 4) is 0 Å². The van der Waals surface area contributed by atoms with E-state index in [1.807, 2.05) is 73.6 Å². The summed E-state index contributed by atoms with van der Waals surface area (Å²) in [6.45, 7) is 0. The van der Waals surface area contributed by atoms with Crippen molar-refractivity contribution in [1.29, 1.82) is 0 Å². The Hall–Kier alpha value is -3.54. The summed E-state index contributed by atoms with van der Waals surface area (Å²) in [5.74, 6) is -0.386. The van der Waals surface area contributed by atoms with Gasteiger partial charge in [-0.25, -0.2) is 10.2 Å². The van der Waals surface area contributed by atoms with Crippen molar-refractivity contribution >= 4 is 34.1 Å². The van der Waals surface area contributed by atoms with E-state index in [2.05, 4.69) is 16.2 Å². The summed E-state index contributed by atoms with van der Waals surface area (Å²) in [6.07, 6.45) is 0. The van der Waals surface area contributed by atoms with Gasteiger partial charge in [0, 0.05) is 30.7 Å². The van der Waals surface area contributed by atoms with Crippen LogP contribution in [0.25, 0.3) is 10.8 Å². The molecule has 0 saturated carbocycles. The second-order valence-electron chi connectivity index (χ2n) is 6.00. The third kappa shape index (κ3) is 3.92. The Kier molecular flexibility index (Phi) is 5.03. The average Bonchev–Trinajstić information content (AvgIpc) is 2.66. The molecule has 6 heteroatoms. The number of carbonyl (C=O) groups is 2. The van der Waals surface area contributed by atoms with Gasteiger partial charge in [0.15, 0.2) is 0 Å². The van der Waals surface area contributed by atoms with Gasteiger partial charge in [0.2, 0.25) is 0 Å². The fourth-order valence-electron chi connectivity index (χ4n) is 2.58. The lowest BCUT2D eigenvalue weighted by Crippen LogP contribution is -2.43. The van der Waals surface area contributed by atoms with Crippen molar-refractivity contribution in [1.82, 2.24) is 10.9 Å². The molecule has 0 unspecified atom stereocenters. The average molecular weight is 348 g/mol. The summed E-state index contributed by atoms with van der Waals surface area (Å²) in [7, 11) is 3.85. The molecular weight excluding hydrogens is 328 g/mol. The molecule has 0 aliphatic rings. The summed E-state index contributed by atoms with van der Waals surface area (Å²) >= 11 is 0. The Labute approximate surface area is 151 Å². The van der Waals surface area contributed by atoms with E-state index in [0.29, 0.717) is 11.3 Å². The van der Waals surface area contributed by atoms with Crippen LogP contribution < -0.4 is 21.1 Å². The highest BCUT2D eigenvalue weighted by atomic mass is 16.2. The van der Waals surface area contributed by atoms with E-state index in [-0.39, 0.29) is 5.91 Å². The van der Waals surface area contributed by atoms with Crippen molar-refractivity contribution in [3.63, 3.8) is 0 Å². The molecule has 132 valence electrons. The number of hydrogen-bond donors (Lipinski definition) is 3. The Morgan fingerprint density at radius 2 is 1.50 bits per heavy atom. The lowest BCUT2D eigenvalue weighted by Gasteiger charge is -2.13. The molecular formula is C20H20N4O2. The van der Waals surface area contributed by atoms with Gasteiger partial charge in [-0.3, -0.25) is 10.2 Å². The molecule has 3 amide bonds. The van der Waals surface area contributed by atoms with Gasteiger partial charge in [-0.1, -0.05) is 36.4 Å². The molecule has 0 radical (unpaired) electrons. The predicted molar refractivity (Wildman–Crippen MR) is 104 cm³/mol. The van der Waals surface area contributed by atoms with Crippen molar-refractivity contribution in [2.75, 3.05) is 24.3 Å². The molecule has 0 saturated heterocycles. The van der Waals surface area contributed by atoms with Crippen molar-refractivity contribution in [3.05, 3.63) is 72.3 Å². The largest absolute Gasteiger partial charge is 0.378 e. The Balaban J connectivity index is 1.60. The SMILES string of the molecule is CN(C)c1ccc(C(=O)NNC(=O)Nc2cccc3ccccc23)cc1. The maximum atomic E-state index is 12.1. The summed E-state index contributed by atoms with van der Waals surface area (Å²) in [6, 6.07) is 20.0. The number of hydrogen-bond acceptors (Lipinski definition) is 3. The molecule has 0 spiro atoms. The van der Waals surface area contributed by atoms with E-state index in [1.165, 1.54) is 0 Å². The summed E-state index contributed by atoms with van der Waals surface area (Å²) in [5.41, 5.74) is 6.89. The van der Waals surface area contributed by atoms with Crippen molar-refractivity contribution in [2.45, 2.75) is 0 Å². The quantitative estimate of drug-likeness (QED) is 0.635. The number of benzene rings is 3. The van der Waals surface area contributed by atoms with Crippen LogP contribution in [0.4, 0.5) is 16.2 Å². The second kappa shape index (κ2) is 7.57. The monoisotopic (exact) mass is 348 g/mol. The lowest BCUT2D eigenvalue weighted by molar-refractivity contribution is 0.0938. The van der Waals surface area contributed by atoms with Gasteiger partial charge < -0.3 is 10.2 Å². The zero-order valence-electron chi connectivity index (χ0n) is 14.6. The fourth-order valence-corrected chi connectivity index (χ4v) is 2.58. The molecule has 0 bridgehead atoms. The van der Waals surface area contributed by atoms with Gasteiger partial charge in [-0.15, -0.1) is 0 Å². The highest BCUT2D eigenvalue weighted by Crippen LogP contribution is 2.22. The molecule has 0 aliphatic carbocycles. The molecule has 3 aromatic carbocycles. The van der Waals surface area contributed by atoms with E-state index in [1.54, 1.807) is 12.1 Å². The smallest absolute Gasteiger partial charge is 0.337 e. The van der Waals surface area contributed by atoms with Crippen LogP contribution >= 0.6 is 0 Å². The topological polar surface area (TPSA) is 73.5 Å². The van der Waals surface area contributed by atoms with Crippen LogP contribution in [0.3, 0.4) is 0 Å². The van der Waals surface area contributed by atoms with Crippen LogP contribution in [0.2, 0.25) is 0 Å². The molecule has 0 heterocycles. The molecule has 26 heavy (non-hydrogen) atoms. The minimum absolute atomic E-state index is 0.386. The summed E-state index contributed by atoms with van der Waals surface area (Å²) in [4.78, 5) is 26.2. The molecule has 3 N–H and O–H groups in total. The van der Waals surface area contributed by atoms with E-state index in [9.17, 15) is 9.59 Å². The summed E-state index contributed by atoms with van der Waals surface area (Å²) in [5, 5.41) is 4.69. The molecule has 0 fully saturated rings. The molecule has 3 aromatic rings. The van der Waals surface area contributed by atoms with E-state index >= 15 is 0 Å². The third-order valence-corrected chi connectivity index (χ3v) is 3.97. The first kappa shape index (κ1) is 17.3. The van der Waals surface area contributed by atoms with E-state index in [0.717, 1.165) is 16.5 Å².